The molecule has 350 valence electrons. The number of aromatic nitrogens is 1. The number of pyridine rings is 1. The van der Waals surface area contributed by atoms with Crippen molar-refractivity contribution in [3.05, 3.63) is 204 Å². The first-order valence-corrected chi connectivity index (χ1v) is 23.3. The van der Waals surface area contributed by atoms with Crippen LogP contribution in [0.1, 0.15) is 182 Å². The number of nitrogens with zero attached hydrogens (tertiary/aromatic N) is 1. The van der Waals surface area contributed by atoms with Gasteiger partial charge in [-0.15, -0.1) is 0 Å². The monoisotopic (exact) mass is 932 g/mol. The van der Waals surface area contributed by atoms with Crippen LogP contribution >= 0.6 is 34.8 Å². The molecule has 6 aromatic rings. The van der Waals surface area contributed by atoms with Gasteiger partial charge in [0.25, 0.3) is 0 Å². The van der Waals surface area contributed by atoms with Gasteiger partial charge in [0.1, 0.15) is 11.6 Å². The molecule has 0 aliphatic heterocycles. The molecule has 0 bridgehead atoms. The third-order valence-electron chi connectivity index (χ3n) is 10.2. The van der Waals surface area contributed by atoms with Crippen molar-refractivity contribution in [3.8, 4) is 0 Å². The van der Waals surface area contributed by atoms with E-state index in [2.05, 4.69) is 123 Å². The number of benzene rings is 5. The zero-order valence-corrected chi connectivity index (χ0v) is 43.1. The molecule has 1 aromatic heterocycles. The van der Waals surface area contributed by atoms with Crippen molar-refractivity contribution in [2.24, 2.45) is 0 Å². The second-order valence-electron chi connectivity index (χ2n) is 17.7. The molecule has 64 heavy (non-hydrogen) atoms. The lowest BCUT2D eigenvalue weighted by Gasteiger charge is -2.07. The highest BCUT2D eigenvalue weighted by molar-refractivity contribution is 6.31. The molecule has 0 fully saturated rings. The first-order valence-electron chi connectivity index (χ1n) is 22.2. The fraction of sp³-hybridized carbons (Fsp3) is 0.397. The maximum absolute atomic E-state index is 13.0. The molecule has 0 saturated heterocycles. The third kappa shape index (κ3) is 23.3. The second-order valence-corrected chi connectivity index (χ2v) is 19.0. The minimum atomic E-state index is -0.176. The van der Waals surface area contributed by atoms with E-state index in [1.54, 1.807) is 18.2 Å². The highest BCUT2D eigenvalue weighted by atomic mass is 35.5. The Labute approximate surface area is 404 Å². The minimum Gasteiger partial charge on any atom is -0.258 e. The van der Waals surface area contributed by atoms with Crippen LogP contribution in [0.4, 0.5) is 8.78 Å². The van der Waals surface area contributed by atoms with Gasteiger partial charge in [0.2, 0.25) is 0 Å². The van der Waals surface area contributed by atoms with Crippen LogP contribution in [0.15, 0.2) is 121 Å². The van der Waals surface area contributed by atoms with E-state index >= 15 is 0 Å². The van der Waals surface area contributed by atoms with Gasteiger partial charge < -0.3 is 0 Å². The predicted molar refractivity (Wildman–Crippen MR) is 282 cm³/mol. The summed E-state index contributed by atoms with van der Waals surface area (Å²) in [4.78, 5) is 4.37. The lowest BCUT2D eigenvalue weighted by molar-refractivity contribution is 0.598. The first-order chi connectivity index (χ1) is 29.4. The Balaban J connectivity index is 0.000000742. The quantitative estimate of drug-likeness (QED) is 0.162. The summed E-state index contributed by atoms with van der Waals surface area (Å²) >= 11 is 17.4. The fourth-order valence-electron chi connectivity index (χ4n) is 5.74. The SMILES string of the molecule is C.CC(C)c1cc(Cl)ccc1F.CC(C)c1cccc(Cl)c1.CC(C)c1ccccc1F.Cc1ccc(C(C)C)cc1C.Cc1ccc(C(C)C)cc1Cl.Cc1cccc(C(C)C)n1. The average molecular weight is 934 g/mol. The molecule has 6 rings (SSSR count). The van der Waals surface area contributed by atoms with Gasteiger partial charge in [-0.2, -0.15) is 0 Å². The Morgan fingerprint density at radius 2 is 0.875 bits per heavy atom. The molecule has 0 aliphatic rings. The molecular weight excluding hydrogens is 855 g/mol. The van der Waals surface area contributed by atoms with E-state index in [0.717, 1.165) is 26.9 Å². The Morgan fingerprint density at radius 3 is 1.28 bits per heavy atom. The summed E-state index contributed by atoms with van der Waals surface area (Å²) in [5, 5.41) is 2.29. The van der Waals surface area contributed by atoms with Crippen LogP contribution in [0.2, 0.25) is 15.1 Å². The molecule has 0 atom stereocenters. The summed E-state index contributed by atoms with van der Waals surface area (Å²) in [6.07, 6.45) is 0. The standard InChI is InChI=1S/C11H16.C10H13Cl.C9H10ClF.C9H11Cl.C9H11F.C9H13N.CH4/c1-8(2)11-6-5-9(3)10(4)7-11;1-7(2)9-5-4-8(3)10(11)6-9;1-6(2)8-5-7(10)3-4-9(8)11;1-7(2)8-4-3-5-9(10)6-8;1-7(2)8-5-3-4-6-9(8)10;1-7(2)9-6-4-5-8(3)10-9;/h5-8H,1-4H3;4-7H,1-3H3;3-6H,1-2H3;2*3-7H,1-2H3;4-7H,1-3H3;1H4. The minimum absolute atomic E-state index is 0. The van der Waals surface area contributed by atoms with Crippen molar-refractivity contribution in [1.29, 1.82) is 0 Å². The Hall–Kier alpha value is -4.02. The van der Waals surface area contributed by atoms with Gasteiger partial charge in [-0.25, -0.2) is 8.78 Å². The molecule has 0 amide bonds. The molecule has 0 saturated carbocycles. The maximum atomic E-state index is 13.0. The summed E-state index contributed by atoms with van der Waals surface area (Å²) in [5.74, 6) is 2.51. The van der Waals surface area contributed by atoms with Crippen molar-refractivity contribution in [1.82, 2.24) is 4.98 Å². The largest absolute Gasteiger partial charge is 0.258 e. The van der Waals surface area contributed by atoms with Crippen LogP contribution < -0.4 is 0 Å². The van der Waals surface area contributed by atoms with Gasteiger partial charge in [0.05, 0.1) is 0 Å². The van der Waals surface area contributed by atoms with Crippen molar-refractivity contribution < 1.29 is 8.78 Å². The van der Waals surface area contributed by atoms with Gasteiger partial charge >= 0.3 is 0 Å². The van der Waals surface area contributed by atoms with Gasteiger partial charge in [-0.1, -0.05) is 192 Å². The smallest absolute Gasteiger partial charge is 0.126 e. The van der Waals surface area contributed by atoms with Crippen LogP contribution in [0.3, 0.4) is 0 Å². The lowest BCUT2D eigenvalue weighted by atomic mass is 9.99. The molecule has 5 aromatic carbocycles. The normalized spacial score (nSPS) is 10.4. The average Bonchev–Trinajstić information content (AvgIpc) is 3.22. The number of aryl methyl sites for hydroxylation is 4. The van der Waals surface area contributed by atoms with Crippen LogP contribution in [-0.2, 0) is 0 Å². The highest BCUT2D eigenvalue weighted by Crippen LogP contribution is 2.24. The van der Waals surface area contributed by atoms with Crippen LogP contribution in [0.25, 0.3) is 0 Å². The van der Waals surface area contributed by atoms with E-state index in [4.69, 9.17) is 34.8 Å². The van der Waals surface area contributed by atoms with E-state index in [1.165, 1.54) is 45.6 Å². The molecule has 1 heterocycles. The number of rotatable bonds is 6. The van der Waals surface area contributed by atoms with Crippen LogP contribution in [-0.4, -0.2) is 4.98 Å². The first kappa shape index (κ1) is 60.0. The molecule has 0 aliphatic carbocycles. The Morgan fingerprint density at radius 1 is 0.391 bits per heavy atom. The molecule has 0 spiro atoms. The number of halogens is 5. The van der Waals surface area contributed by atoms with E-state index in [0.29, 0.717) is 34.3 Å². The summed E-state index contributed by atoms with van der Waals surface area (Å²) in [5.41, 5.74) is 11.7. The summed E-state index contributed by atoms with van der Waals surface area (Å²) < 4.78 is 25.8. The maximum Gasteiger partial charge on any atom is 0.126 e. The lowest BCUT2D eigenvalue weighted by Crippen LogP contribution is -1.92. The van der Waals surface area contributed by atoms with E-state index in [9.17, 15) is 8.78 Å². The van der Waals surface area contributed by atoms with Crippen LogP contribution in [0.5, 0.6) is 0 Å². The zero-order chi connectivity index (χ0) is 48.0. The second kappa shape index (κ2) is 31.0. The topological polar surface area (TPSA) is 12.9 Å². The number of hydrogen-bond donors (Lipinski definition) is 0. The van der Waals surface area contributed by atoms with Crippen molar-refractivity contribution in [2.45, 2.75) is 154 Å². The predicted octanol–water partition coefficient (Wildman–Crippen LogP) is 20.4. The van der Waals surface area contributed by atoms with Gasteiger partial charge in [-0.3, -0.25) is 4.98 Å². The van der Waals surface area contributed by atoms with E-state index in [1.807, 2.05) is 84.0 Å². The molecule has 0 N–H and O–H groups in total. The van der Waals surface area contributed by atoms with Gasteiger partial charge in [0.15, 0.2) is 0 Å². The van der Waals surface area contributed by atoms with Crippen molar-refractivity contribution >= 4 is 34.8 Å². The highest BCUT2D eigenvalue weighted by Gasteiger charge is 2.07. The Kier molecular flexibility index (Phi) is 29.0. The van der Waals surface area contributed by atoms with Crippen molar-refractivity contribution in [2.75, 3.05) is 0 Å². The van der Waals surface area contributed by atoms with E-state index in [-0.39, 0.29) is 30.9 Å². The van der Waals surface area contributed by atoms with Crippen LogP contribution in [0, 0.1) is 39.3 Å². The molecule has 0 radical (unpaired) electrons. The van der Waals surface area contributed by atoms with Gasteiger partial charge in [-0.05, 0) is 162 Å². The summed E-state index contributed by atoms with van der Waals surface area (Å²) in [7, 11) is 0. The van der Waals surface area contributed by atoms with E-state index < -0.39 is 0 Å². The Bertz CT molecular complexity index is 2120. The molecular formula is C58H78Cl3F2N. The van der Waals surface area contributed by atoms with Gasteiger partial charge in [0, 0.05) is 26.5 Å². The molecule has 0 unspecified atom stereocenters. The third-order valence-corrected chi connectivity index (χ3v) is 11.1. The summed E-state index contributed by atoms with van der Waals surface area (Å²) in [6, 6.07) is 38.6. The zero-order valence-electron chi connectivity index (χ0n) is 40.8. The summed E-state index contributed by atoms with van der Waals surface area (Å²) in [6.45, 7) is 33.6. The molecule has 1 nitrogen and oxygen atoms in total. The van der Waals surface area contributed by atoms with Crippen molar-refractivity contribution in [3.63, 3.8) is 0 Å². The number of hydrogen-bond acceptors (Lipinski definition) is 1. The molecule has 6 heteroatoms. The fourth-order valence-corrected chi connectivity index (χ4v) is 6.31.